The second kappa shape index (κ2) is 4.13. The number of hydrogen-bond acceptors (Lipinski definition) is 5. The van der Waals surface area contributed by atoms with Crippen molar-refractivity contribution in [2.75, 3.05) is 6.54 Å². The van der Waals surface area contributed by atoms with Gasteiger partial charge in [-0.2, -0.15) is 0 Å². The predicted octanol–water partition coefficient (Wildman–Crippen LogP) is -0.548. The van der Waals surface area contributed by atoms with E-state index in [0.717, 1.165) is 6.42 Å². The highest BCUT2D eigenvalue weighted by molar-refractivity contribution is 5.79. The van der Waals surface area contributed by atoms with Crippen molar-refractivity contribution in [2.45, 2.75) is 24.9 Å². The van der Waals surface area contributed by atoms with Gasteiger partial charge in [0.15, 0.2) is 5.96 Å². The van der Waals surface area contributed by atoms with Crippen LogP contribution in [0.2, 0.25) is 0 Å². The SMILES string of the molecule is C=C(O)[C@@H](N)CCC1CN=C(N)N1. The first-order valence-corrected chi connectivity index (χ1v) is 4.29. The molecule has 1 rings (SSSR count). The van der Waals surface area contributed by atoms with E-state index in [1.807, 2.05) is 0 Å². The van der Waals surface area contributed by atoms with Gasteiger partial charge in [-0.15, -0.1) is 0 Å². The molecule has 5 heteroatoms. The van der Waals surface area contributed by atoms with Crippen molar-refractivity contribution in [3.05, 3.63) is 12.3 Å². The van der Waals surface area contributed by atoms with Crippen molar-refractivity contribution in [2.24, 2.45) is 16.5 Å². The quantitative estimate of drug-likeness (QED) is 0.441. The molecular formula is C8H16N4O. The van der Waals surface area contributed by atoms with E-state index < -0.39 is 0 Å². The maximum absolute atomic E-state index is 8.95. The summed E-state index contributed by atoms with van der Waals surface area (Å²) in [5, 5.41) is 12.0. The van der Waals surface area contributed by atoms with Crippen molar-refractivity contribution in [1.82, 2.24) is 5.32 Å². The molecule has 0 radical (unpaired) electrons. The number of aliphatic imine (C=N–C) groups is 1. The van der Waals surface area contributed by atoms with Gasteiger partial charge >= 0.3 is 0 Å². The van der Waals surface area contributed by atoms with Crippen LogP contribution in [0.1, 0.15) is 12.8 Å². The van der Waals surface area contributed by atoms with Crippen LogP contribution in [0.3, 0.4) is 0 Å². The van der Waals surface area contributed by atoms with E-state index in [-0.39, 0.29) is 17.8 Å². The number of guanidine groups is 1. The molecule has 5 nitrogen and oxygen atoms in total. The van der Waals surface area contributed by atoms with Gasteiger partial charge in [-0.25, -0.2) is 0 Å². The number of aliphatic hydroxyl groups excluding tert-OH is 1. The van der Waals surface area contributed by atoms with Gasteiger partial charge in [-0.1, -0.05) is 6.58 Å². The van der Waals surface area contributed by atoms with Crippen LogP contribution in [0.5, 0.6) is 0 Å². The Kier molecular flexibility index (Phi) is 3.13. The highest BCUT2D eigenvalue weighted by atomic mass is 16.3. The molecule has 6 N–H and O–H groups in total. The molecule has 1 aliphatic rings. The fourth-order valence-electron chi connectivity index (χ4n) is 1.22. The number of aliphatic hydroxyl groups is 1. The zero-order valence-electron chi connectivity index (χ0n) is 7.53. The summed E-state index contributed by atoms with van der Waals surface area (Å²) in [4.78, 5) is 4.00. The van der Waals surface area contributed by atoms with E-state index >= 15 is 0 Å². The number of rotatable bonds is 4. The van der Waals surface area contributed by atoms with E-state index in [0.29, 0.717) is 18.9 Å². The van der Waals surface area contributed by atoms with Gasteiger partial charge in [0.1, 0.15) is 5.76 Å². The summed E-state index contributed by atoms with van der Waals surface area (Å²) in [6.07, 6.45) is 1.53. The normalized spacial score (nSPS) is 23.5. The molecule has 0 saturated carbocycles. The van der Waals surface area contributed by atoms with Crippen LogP contribution in [0.15, 0.2) is 17.3 Å². The Bertz CT molecular complexity index is 226. The first-order valence-electron chi connectivity index (χ1n) is 4.29. The first-order chi connectivity index (χ1) is 6.09. The second-order valence-electron chi connectivity index (χ2n) is 3.24. The standard InChI is InChI=1S/C8H16N4O/c1-5(13)7(9)3-2-6-4-11-8(10)12-6/h6-7,13H,1-4,9H2,(H3,10,11,12)/t6?,7-/m0/s1. The Labute approximate surface area is 77.5 Å². The Morgan fingerprint density at radius 2 is 2.54 bits per heavy atom. The van der Waals surface area contributed by atoms with Gasteiger partial charge in [0, 0.05) is 6.04 Å². The molecule has 0 aromatic carbocycles. The lowest BCUT2D eigenvalue weighted by Crippen LogP contribution is -2.36. The molecule has 0 aromatic rings. The molecule has 0 aliphatic carbocycles. The molecule has 1 unspecified atom stereocenters. The third-order valence-electron chi connectivity index (χ3n) is 2.09. The third kappa shape index (κ3) is 2.95. The largest absolute Gasteiger partial charge is 0.511 e. The number of nitrogens with one attached hydrogen (secondary N) is 1. The molecule has 0 amide bonds. The van der Waals surface area contributed by atoms with Gasteiger partial charge < -0.3 is 21.9 Å². The Hall–Kier alpha value is -1.23. The van der Waals surface area contributed by atoms with Crippen LogP contribution < -0.4 is 16.8 Å². The molecule has 0 saturated heterocycles. The maximum Gasteiger partial charge on any atom is 0.188 e. The van der Waals surface area contributed by atoms with Gasteiger partial charge in [0.25, 0.3) is 0 Å². The third-order valence-corrected chi connectivity index (χ3v) is 2.09. The molecule has 2 atom stereocenters. The lowest BCUT2D eigenvalue weighted by Gasteiger charge is -2.13. The van der Waals surface area contributed by atoms with Crippen molar-refractivity contribution in [1.29, 1.82) is 0 Å². The number of hydrogen-bond donors (Lipinski definition) is 4. The van der Waals surface area contributed by atoms with E-state index in [4.69, 9.17) is 16.6 Å². The predicted molar refractivity (Wildman–Crippen MR) is 52.4 cm³/mol. The van der Waals surface area contributed by atoms with Crippen LogP contribution in [-0.2, 0) is 0 Å². The average molecular weight is 184 g/mol. The van der Waals surface area contributed by atoms with Crippen LogP contribution in [0, 0.1) is 0 Å². The van der Waals surface area contributed by atoms with Crippen LogP contribution in [-0.4, -0.2) is 29.7 Å². The summed E-state index contributed by atoms with van der Waals surface area (Å²) in [7, 11) is 0. The monoisotopic (exact) mass is 184 g/mol. The maximum atomic E-state index is 8.95. The molecular weight excluding hydrogens is 168 g/mol. The van der Waals surface area contributed by atoms with Gasteiger partial charge in [-0.3, -0.25) is 4.99 Å². The lowest BCUT2D eigenvalue weighted by atomic mass is 10.1. The fraction of sp³-hybridized carbons (Fsp3) is 0.625. The second-order valence-corrected chi connectivity index (χ2v) is 3.24. The highest BCUT2D eigenvalue weighted by Gasteiger charge is 2.16. The summed E-state index contributed by atoms with van der Waals surface area (Å²) in [5.74, 6) is 0.522. The van der Waals surface area contributed by atoms with E-state index in [1.54, 1.807) is 0 Å². The van der Waals surface area contributed by atoms with Crippen molar-refractivity contribution in [3.8, 4) is 0 Å². The molecule has 1 aliphatic heterocycles. The topological polar surface area (TPSA) is 96.7 Å². The Balaban J connectivity index is 2.17. The molecule has 0 fully saturated rings. The first kappa shape index (κ1) is 9.85. The minimum absolute atomic E-state index is 0.0342. The highest BCUT2D eigenvalue weighted by Crippen LogP contribution is 2.07. The van der Waals surface area contributed by atoms with Crippen molar-refractivity contribution in [3.63, 3.8) is 0 Å². The van der Waals surface area contributed by atoms with Gasteiger partial charge in [-0.05, 0) is 12.8 Å². The molecule has 74 valence electrons. The zero-order valence-corrected chi connectivity index (χ0v) is 7.53. The molecule has 13 heavy (non-hydrogen) atoms. The summed E-state index contributed by atoms with van der Waals surface area (Å²) in [5.41, 5.74) is 11.0. The Morgan fingerprint density at radius 1 is 1.85 bits per heavy atom. The summed E-state index contributed by atoms with van der Waals surface area (Å²) < 4.78 is 0. The van der Waals surface area contributed by atoms with Crippen LogP contribution in [0.25, 0.3) is 0 Å². The smallest absolute Gasteiger partial charge is 0.188 e. The summed E-state index contributed by atoms with van der Waals surface area (Å²) >= 11 is 0. The lowest BCUT2D eigenvalue weighted by molar-refractivity contribution is 0.354. The van der Waals surface area contributed by atoms with Crippen molar-refractivity contribution < 1.29 is 5.11 Å². The van der Waals surface area contributed by atoms with Gasteiger partial charge in [0.05, 0.1) is 12.6 Å². The average Bonchev–Trinajstić information content (AvgIpc) is 2.47. The molecule has 1 heterocycles. The molecule has 0 bridgehead atoms. The summed E-state index contributed by atoms with van der Waals surface area (Å²) in [6, 6.07) is -0.0889. The van der Waals surface area contributed by atoms with Crippen molar-refractivity contribution >= 4 is 5.96 Å². The fourth-order valence-corrected chi connectivity index (χ4v) is 1.22. The minimum Gasteiger partial charge on any atom is -0.511 e. The Morgan fingerprint density at radius 3 is 3.00 bits per heavy atom. The van der Waals surface area contributed by atoms with Crippen LogP contribution >= 0.6 is 0 Å². The minimum atomic E-state index is -0.344. The summed E-state index contributed by atoms with van der Waals surface area (Å²) in [6.45, 7) is 4.06. The van der Waals surface area contributed by atoms with Crippen LogP contribution in [0.4, 0.5) is 0 Å². The molecule has 0 spiro atoms. The van der Waals surface area contributed by atoms with E-state index in [9.17, 15) is 0 Å². The van der Waals surface area contributed by atoms with E-state index in [2.05, 4.69) is 16.9 Å². The molecule has 0 aromatic heterocycles. The zero-order chi connectivity index (χ0) is 9.84. The van der Waals surface area contributed by atoms with Gasteiger partial charge in [0.2, 0.25) is 0 Å². The number of nitrogens with two attached hydrogens (primary N) is 2. The van der Waals surface area contributed by atoms with E-state index in [1.165, 1.54) is 0 Å². The number of nitrogens with zero attached hydrogens (tertiary/aromatic N) is 1.